The zero-order chi connectivity index (χ0) is 9.84. The summed E-state index contributed by atoms with van der Waals surface area (Å²) in [7, 11) is 0. The maximum Gasteiger partial charge on any atom is 0.140 e. The lowest BCUT2D eigenvalue weighted by Crippen LogP contribution is -1.93. The molecule has 0 heterocycles. The lowest BCUT2D eigenvalue weighted by Gasteiger charge is -2.00. The standard InChI is InChI=1S/C10H11FOS/c1-7-3-9(11)5-10(4-7)13-6-8(2)12/h3-5H,6H2,1-2H3. The minimum absolute atomic E-state index is 0.104. The van der Waals surface area contributed by atoms with Crippen molar-refractivity contribution in [3.63, 3.8) is 0 Å². The Hall–Kier alpha value is -0.830. The Morgan fingerprint density at radius 2 is 2.15 bits per heavy atom. The van der Waals surface area contributed by atoms with E-state index in [1.165, 1.54) is 30.8 Å². The normalized spacial score (nSPS) is 10.1. The van der Waals surface area contributed by atoms with E-state index in [1.54, 1.807) is 0 Å². The van der Waals surface area contributed by atoms with Crippen molar-refractivity contribution in [3.05, 3.63) is 29.6 Å². The van der Waals surface area contributed by atoms with E-state index in [9.17, 15) is 9.18 Å². The third-order valence-electron chi connectivity index (χ3n) is 1.46. The summed E-state index contributed by atoms with van der Waals surface area (Å²) < 4.78 is 12.9. The van der Waals surface area contributed by atoms with E-state index in [1.807, 2.05) is 13.0 Å². The fourth-order valence-electron chi connectivity index (χ4n) is 0.971. The van der Waals surface area contributed by atoms with Crippen LogP contribution in [0.1, 0.15) is 12.5 Å². The smallest absolute Gasteiger partial charge is 0.140 e. The van der Waals surface area contributed by atoms with Gasteiger partial charge >= 0.3 is 0 Å². The summed E-state index contributed by atoms with van der Waals surface area (Å²) in [6, 6.07) is 4.79. The lowest BCUT2D eigenvalue weighted by molar-refractivity contribution is -0.114. The summed E-state index contributed by atoms with van der Waals surface area (Å²) in [6.45, 7) is 3.36. The van der Waals surface area contributed by atoms with E-state index in [0.29, 0.717) is 5.75 Å². The van der Waals surface area contributed by atoms with Gasteiger partial charge in [0.05, 0.1) is 5.75 Å². The summed E-state index contributed by atoms with van der Waals surface area (Å²) in [5.41, 5.74) is 0.881. The summed E-state index contributed by atoms with van der Waals surface area (Å²) in [5.74, 6) is 0.265. The van der Waals surface area contributed by atoms with Crippen molar-refractivity contribution in [2.24, 2.45) is 0 Å². The second-order valence-electron chi connectivity index (χ2n) is 2.95. The van der Waals surface area contributed by atoms with Crippen LogP contribution in [-0.2, 0) is 4.79 Å². The van der Waals surface area contributed by atoms with Gasteiger partial charge < -0.3 is 0 Å². The molecule has 1 rings (SSSR count). The summed E-state index contributed by atoms with van der Waals surface area (Å²) in [5, 5.41) is 0. The number of carbonyl (C=O) groups excluding carboxylic acids is 1. The summed E-state index contributed by atoms with van der Waals surface area (Å²) >= 11 is 1.37. The summed E-state index contributed by atoms with van der Waals surface area (Å²) in [4.78, 5) is 11.5. The predicted molar refractivity (Wildman–Crippen MR) is 52.5 cm³/mol. The van der Waals surface area contributed by atoms with Crippen LogP contribution in [-0.4, -0.2) is 11.5 Å². The van der Waals surface area contributed by atoms with Gasteiger partial charge in [0.15, 0.2) is 0 Å². The van der Waals surface area contributed by atoms with E-state index in [-0.39, 0.29) is 11.6 Å². The molecule has 0 aliphatic heterocycles. The van der Waals surface area contributed by atoms with Gasteiger partial charge in [-0.05, 0) is 37.6 Å². The van der Waals surface area contributed by atoms with Gasteiger partial charge in [0, 0.05) is 4.90 Å². The molecule has 13 heavy (non-hydrogen) atoms. The first kappa shape index (κ1) is 10.3. The average molecular weight is 198 g/mol. The second kappa shape index (κ2) is 4.42. The van der Waals surface area contributed by atoms with Crippen LogP contribution >= 0.6 is 11.8 Å². The molecule has 0 aliphatic carbocycles. The van der Waals surface area contributed by atoms with Crippen LogP contribution in [0.2, 0.25) is 0 Å². The van der Waals surface area contributed by atoms with E-state index >= 15 is 0 Å². The van der Waals surface area contributed by atoms with Crippen LogP contribution in [0.3, 0.4) is 0 Å². The van der Waals surface area contributed by atoms with Crippen LogP contribution < -0.4 is 0 Å². The molecule has 0 N–H and O–H groups in total. The third-order valence-corrected chi connectivity index (χ3v) is 2.58. The zero-order valence-corrected chi connectivity index (χ0v) is 8.45. The van der Waals surface area contributed by atoms with E-state index in [0.717, 1.165) is 10.5 Å². The van der Waals surface area contributed by atoms with Gasteiger partial charge in [-0.1, -0.05) is 0 Å². The zero-order valence-electron chi connectivity index (χ0n) is 7.63. The molecule has 0 aliphatic rings. The number of rotatable bonds is 3. The molecule has 0 atom stereocenters. The molecule has 70 valence electrons. The SMILES string of the molecule is CC(=O)CSc1cc(C)cc(F)c1. The Kier molecular flexibility index (Phi) is 3.48. The van der Waals surface area contributed by atoms with Gasteiger partial charge in [0.1, 0.15) is 11.6 Å². The number of aryl methyl sites for hydroxylation is 1. The number of Topliss-reactive ketones (excluding diaryl/α,β-unsaturated/α-hetero) is 1. The third kappa shape index (κ3) is 3.59. The number of halogens is 1. The molecule has 0 unspecified atom stereocenters. The minimum atomic E-state index is -0.244. The molecule has 1 aromatic rings. The van der Waals surface area contributed by atoms with E-state index in [2.05, 4.69) is 0 Å². The maximum absolute atomic E-state index is 12.9. The van der Waals surface area contributed by atoms with Crippen molar-refractivity contribution in [2.45, 2.75) is 18.7 Å². The van der Waals surface area contributed by atoms with Gasteiger partial charge in [-0.25, -0.2) is 4.39 Å². The molecule has 3 heteroatoms. The predicted octanol–water partition coefficient (Wildman–Crippen LogP) is 2.82. The van der Waals surface area contributed by atoms with Gasteiger partial charge in [0.2, 0.25) is 0 Å². The number of benzene rings is 1. The average Bonchev–Trinajstić information content (AvgIpc) is 1.99. The fraction of sp³-hybridized carbons (Fsp3) is 0.300. The molecule has 0 fully saturated rings. The van der Waals surface area contributed by atoms with Crippen LogP contribution in [0.15, 0.2) is 23.1 Å². The topological polar surface area (TPSA) is 17.1 Å². The van der Waals surface area contributed by atoms with Crippen LogP contribution in [0.25, 0.3) is 0 Å². The second-order valence-corrected chi connectivity index (χ2v) is 4.00. The van der Waals surface area contributed by atoms with Gasteiger partial charge in [-0.3, -0.25) is 4.79 Å². The largest absolute Gasteiger partial charge is 0.299 e. The molecular weight excluding hydrogens is 187 g/mol. The molecular formula is C10H11FOS. The first-order valence-corrected chi connectivity index (χ1v) is 4.96. The quantitative estimate of drug-likeness (QED) is 0.695. The molecule has 0 amide bonds. The van der Waals surface area contributed by atoms with E-state index < -0.39 is 0 Å². The number of hydrogen-bond donors (Lipinski definition) is 0. The lowest BCUT2D eigenvalue weighted by atomic mass is 10.2. The van der Waals surface area contributed by atoms with Crippen molar-refractivity contribution in [3.8, 4) is 0 Å². The van der Waals surface area contributed by atoms with Gasteiger partial charge in [-0.15, -0.1) is 11.8 Å². The van der Waals surface area contributed by atoms with Crippen molar-refractivity contribution in [2.75, 3.05) is 5.75 Å². The van der Waals surface area contributed by atoms with E-state index in [4.69, 9.17) is 0 Å². The number of ketones is 1. The molecule has 1 nitrogen and oxygen atoms in total. The Morgan fingerprint density at radius 1 is 1.46 bits per heavy atom. The first-order chi connectivity index (χ1) is 6.08. The fourth-order valence-corrected chi connectivity index (χ4v) is 1.81. The van der Waals surface area contributed by atoms with Crippen molar-refractivity contribution in [1.82, 2.24) is 0 Å². The number of thioether (sulfide) groups is 1. The molecule has 0 bridgehead atoms. The minimum Gasteiger partial charge on any atom is -0.299 e. The number of hydrogen-bond acceptors (Lipinski definition) is 2. The Labute approximate surface area is 81.3 Å². The highest BCUT2D eigenvalue weighted by Crippen LogP contribution is 2.20. The Morgan fingerprint density at radius 3 is 2.69 bits per heavy atom. The molecule has 0 aromatic heterocycles. The highest BCUT2D eigenvalue weighted by molar-refractivity contribution is 8.00. The van der Waals surface area contributed by atoms with Gasteiger partial charge in [-0.2, -0.15) is 0 Å². The van der Waals surface area contributed by atoms with Crippen molar-refractivity contribution < 1.29 is 9.18 Å². The van der Waals surface area contributed by atoms with Crippen molar-refractivity contribution in [1.29, 1.82) is 0 Å². The molecule has 0 spiro atoms. The first-order valence-electron chi connectivity index (χ1n) is 3.97. The monoisotopic (exact) mass is 198 g/mol. The number of carbonyl (C=O) groups is 1. The highest BCUT2D eigenvalue weighted by atomic mass is 32.2. The molecule has 0 saturated heterocycles. The Bertz CT molecular complexity index is 302. The van der Waals surface area contributed by atoms with Crippen LogP contribution in [0.4, 0.5) is 4.39 Å². The van der Waals surface area contributed by atoms with Crippen LogP contribution in [0.5, 0.6) is 0 Å². The highest BCUT2D eigenvalue weighted by Gasteiger charge is 2.00. The van der Waals surface area contributed by atoms with Gasteiger partial charge in [0.25, 0.3) is 0 Å². The Balaban J connectivity index is 2.71. The maximum atomic E-state index is 12.9. The molecule has 1 aromatic carbocycles. The summed E-state index contributed by atoms with van der Waals surface area (Å²) in [6.07, 6.45) is 0. The molecule has 0 radical (unpaired) electrons. The van der Waals surface area contributed by atoms with Crippen LogP contribution in [0, 0.1) is 12.7 Å². The molecule has 0 saturated carbocycles. The van der Waals surface area contributed by atoms with Crippen molar-refractivity contribution >= 4 is 17.5 Å².